The van der Waals surface area contributed by atoms with Crippen LogP contribution >= 0.6 is 23.2 Å². The van der Waals surface area contributed by atoms with Crippen molar-refractivity contribution in [2.24, 2.45) is 0 Å². The van der Waals surface area contributed by atoms with Gasteiger partial charge in [0.05, 0.1) is 11.4 Å². The minimum absolute atomic E-state index is 0.244. The first-order valence-electron chi connectivity index (χ1n) is 11.6. The number of nitrogens with one attached hydrogen (secondary N) is 3. The SMILES string of the molecule is CNC(=O)c1cc(Oc2ccc(NC(=O)Nc3cc(C(C)(C)C)nn3-c3cc(Cl)cc(Cl)c3)cc2)ccn1. The molecule has 196 valence electrons. The number of hydrogen-bond donors (Lipinski definition) is 3. The van der Waals surface area contributed by atoms with Crippen molar-refractivity contribution in [3.63, 3.8) is 0 Å². The first-order chi connectivity index (χ1) is 18.0. The molecule has 38 heavy (non-hydrogen) atoms. The maximum Gasteiger partial charge on any atom is 0.324 e. The van der Waals surface area contributed by atoms with Gasteiger partial charge in [-0.2, -0.15) is 5.10 Å². The molecule has 0 spiro atoms. The third-order valence-electron chi connectivity index (χ3n) is 5.35. The molecule has 2 aromatic carbocycles. The maximum atomic E-state index is 12.9. The predicted octanol–water partition coefficient (Wildman–Crippen LogP) is 6.67. The topological polar surface area (TPSA) is 110 Å². The Morgan fingerprint density at radius 1 is 0.895 bits per heavy atom. The summed E-state index contributed by atoms with van der Waals surface area (Å²) in [6.07, 6.45) is 1.49. The first-order valence-corrected chi connectivity index (χ1v) is 12.4. The number of ether oxygens (including phenoxy) is 1. The van der Waals surface area contributed by atoms with Gasteiger partial charge in [0.15, 0.2) is 0 Å². The Balaban J connectivity index is 1.48. The summed E-state index contributed by atoms with van der Waals surface area (Å²) in [6.45, 7) is 6.09. The predicted molar refractivity (Wildman–Crippen MR) is 149 cm³/mol. The van der Waals surface area contributed by atoms with Crippen LogP contribution in [0, 0.1) is 0 Å². The van der Waals surface area contributed by atoms with Crippen LogP contribution in [0.15, 0.2) is 66.9 Å². The van der Waals surface area contributed by atoms with Gasteiger partial charge in [0.2, 0.25) is 0 Å². The van der Waals surface area contributed by atoms with Gasteiger partial charge >= 0.3 is 6.03 Å². The molecule has 2 aromatic heterocycles. The summed E-state index contributed by atoms with van der Waals surface area (Å²) in [5.74, 6) is 1.13. The molecule has 9 nitrogen and oxygen atoms in total. The summed E-state index contributed by atoms with van der Waals surface area (Å²) >= 11 is 12.4. The van der Waals surface area contributed by atoms with Gasteiger partial charge in [0.25, 0.3) is 5.91 Å². The number of urea groups is 1. The van der Waals surface area contributed by atoms with Crippen LogP contribution in [0.2, 0.25) is 10.0 Å². The number of pyridine rings is 1. The molecule has 0 aliphatic rings. The standard InChI is InChI=1S/C27H26Cl2N6O3/c1-27(2,3)23-15-24(35(34-23)19-12-16(28)11-17(29)13-19)33-26(37)32-18-5-7-20(8-6-18)38-21-9-10-31-22(14-21)25(36)30-4/h5-15H,1-4H3,(H,30,36)(H2,32,33,37). The third-order valence-corrected chi connectivity index (χ3v) is 5.79. The largest absolute Gasteiger partial charge is 0.457 e. The van der Waals surface area contributed by atoms with E-state index in [4.69, 9.17) is 27.9 Å². The number of carbonyl (C=O) groups excluding carboxylic acids is 2. The van der Waals surface area contributed by atoms with Gasteiger partial charge in [-0.05, 0) is 48.5 Å². The van der Waals surface area contributed by atoms with Crippen LogP contribution in [0.3, 0.4) is 0 Å². The molecule has 0 aliphatic heterocycles. The highest BCUT2D eigenvalue weighted by Crippen LogP contribution is 2.29. The van der Waals surface area contributed by atoms with Crippen LogP contribution in [-0.4, -0.2) is 33.8 Å². The van der Waals surface area contributed by atoms with Crippen molar-refractivity contribution >= 4 is 46.6 Å². The van der Waals surface area contributed by atoms with E-state index in [0.29, 0.717) is 38.7 Å². The smallest absolute Gasteiger partial charge is 0.324 e. The molecule has 0 radical (unpaired) electrons. The summed E-state index contributed by atoms with van der Waals surface area (Å²) in [6, 6.07) is 16.4. The monoisotopic (exact) mass is 552 g/mol. The molecule has 0 saturated heterocycles. The summed E-state index contributed by atoms with van der Waals surface area (Å²) in [4.78, 5) is 28.7. The Hall–Kier alpha value is -4.08. The third kappa shape index (κ3) is 6.62. The fourth-order valence-electron chi connectivity index (χ4n) is 3.44. The summed E-state index contributed by atoms with van der Waals surface area (Å²) < 4.78 is 7.40. The van der Waals surface area contributed by atoms with Crippen molar-refractivity contribution < 1.29 is 14.3 Å². The Bertz CT molecular complexity index is 1460. The second kappa shape index (κ2) is 11.1. The van der Waals surface area contributed by atoms with E-state index >= 15 is 0 Å². The van der Waals surface area contributed by atoms with E-state index < -0.39 is 6.03 Å². The number of carbonyl (C=O) groups is 2. The van der Waals surface area contributed by atoms with E-state index in [1.165, 1.54) is 13.2 Å². The quantitative estimate of drug-likeness (QED) is 0.247. The van der Waals surface area contributed by atoms with Gasteiger partial charge in [-0.25, -0.2) is 9.48 Å². The molecular weight excluding hydrogens is 527 g/mol. The van der Waals surface area contributed by atoms with Crippen LogP contribution in [0.4, 0.5) is 16.3 Å². The maximum absolute atomic E-state index is 12.9. The van der Waals surface area contributed by atoms with Crippen LogP contribution < -0.4 is 20.7 Å². The average molecular weight is 553 g/mol. The number of amides is 3. The number of anilines is 2. The lowest BCUT2D eigenvalue weighted by Crippen LogP contribution is -2.21. The molecule has 0 bridgehead atoms. The molecule has 0 unspecified atom stereocenters. The fourth-order valence-corrected chi connectivity index (χ4v) is 3.96. The number of aromatic nitrogens is 3. The Labute approximate surface area is 230 Å². The minimum Gasteiger partial charge on any atom is -0.457 e. The molecule has 3 amide bonds. The molecule has 2 heterocycles. The summed E-state index contributed by atoms with van der Waals surface area (Å²) in [5, 5.41) is 13.8. The van der Waals surface area contributed by atoms with Crippen molar-refractivity contribution in [2.75, 3.05) is 17.7 Å². The van der Waals surface area contributed by atoms with Crippen molar-refractivity contribution in [2.45, 2.75) is 26.2 Å². The number of nitrogens with zero attached hydrogens (tertiary/aromatic N) is 3. The van der Waals surface area contributed by atoms with E-state index in [9.17, 15) is 9.59 Å². The zero-order valence-electron chi connectivity index (χ0n) is 21.2. The van der Waals surface area contributed by atoms with Gasteiger partial charge in [-0.15, -0.1) is 0 Å². The Kier molecular flexibility index (Phi) is 7.89. The van der Waals surface area contributed by atoms with Gasteiger partial charge in [-0.3, -0.25) is 15.1 Å². The van der Waals surface area contributed by atoms with Crippen LogP contribution in [0.1, 0.15) is 37.0 Å². The lowest BCUT2D eigenvalue weighted by Gasteiger charge is -2.14. The average Bonchev–Trinajstić information content (AvgIpc) is 3.28. The number of rotatable bonds is 6. The van der Waals surface area contributed by atoms with Gasteiger partial charge in [0.1, 0.15) is 23.0 Å². The summed E-state index contributed by atoms with van der Waals surface area (Å²) in [7, 11) is 1.53. The Morgan fingerprint density at radius 3 is 2.21 bits per heavy atom. The lowest BCUT2D eigenvalue weighted by atomic mass is 9.92. The van der Waals surface area contributed by atoms with Gasteiger partial charge in [-0.1, -0.05) is 44.0 Å². The highest BCUT2D eigenvalue weighted by atomic mass is 35.5. The highest BCUT2D eigenvalue weighted by Gasteiger charge is 2.22. The van der Waals surface area contributed by atoms with E-state index in [-0.39, 0.29) is 17.0 Å². The van der Waals surface area contributed by atoms with Gasteiger partial charge < -0.3 is 15.4 Å². The second-order valence-electron chi connectivity index (χ2n) is 9.37. The minimum atomic E-state index is -0.460. The summed E-state index contributed by atoms with van der Waals surface area (Å²) in [5.41, 5.74) is 1.93. The zero-order chi connectivity index (χ0) is 27.4. The van der Waals surface area contributed by atoms with E-state index in [0.717, 1.165) is 5.69 Å². The Morgan fingerprint density at radius 2 is 1.58 bits per heavy atom. The molecule has 4 aromatic rings. The number of benzene rings is 2. The molecular formula is C27H26Cl2N6O3. The molecule has 3 N–H and O–H groups in total. The van der Waals surface area contributed by atoms with E-state index in [1.54, 1.807) is 59.3 Å². The van der Waals surface area contributed by atoms with E-state index in [2.05, 4.69) is 26.0 Å². The van der Waals surface area contributed by atoms with Crippen molar-refractivity contribution in [1.82, 2.24) is 20.1 Å². The number of hydrogen-bond acceptors (Lipinski definition) is 5. The van der Waals surface area contributed by atoms with Crippen molar-refractivity contribution in [1.29, 1.82) is 0 Å². The fraction of sp³-hybridized carbons (Fsp3) is 0.185. The molecule has 4 rings (SSSR count). The lowest BCUT2D eigenvalue weighted by molar-refractivity contribution is 0.0958. The molecule has 0 fully saturated rings. The van der Waals surface area contributed by atoms with Crippen molar-refractivity contribution in [3.05, 3.63) is 88.3 Å². The molecule has 11 heteroatoms. The molecule has 0 aliphatic carbocycles. The molecule has 0 saturated carbocycles. The van der Waals surface area contributed by atoms with Crippen LogP contribution in [0.5, 0.6) is 11.5 Å². The van der Waals surface area contributed by atoms with Crippen LogP contribution in [-0.2, 0) is 5.41 Å². The van der Waals surface area contributed by atoms with Gasteiger partial charge in [0, 0.05) is 46.5 Å². The normalized spacial score (nSPS) is 11.1. The van der Waals surface area contributed by atoms with E-state index in [1.807, 2.05) is 26.8 Å². The number of halogens is 2. The highest BCUT2D eigenvalue weighted by molar-refractivity contribution is 6.34. The van der Waals surface area contributed by atoms with Crippen molar-refractivity contribution in [3.8, 4) is 17.2 Å². The second-order valence-corrected chi connectivity index (χ2v) is 10.2. The zero-order valence-corrected chi connectivity index (χ0v) is 22.7. The molecule has 0 atom stereocenters. The first kappa shape index (κ1) is 27.0. The van der Waals surface area contributed by atoms with Crippen LogP contribution in [0.25, 0.3) is 5.69 Å².